The van der Waals surface area contributed by atoms with Gasteiger partial charge in [0.05, 0.1) is 0 Å². The molecule has 1 aromatic rings. The Labute approximate surface area is 111 Å². The van der Waals surface area contributed by atoms with Crippen molar-refractivity contribution in [2.75, 3.05) is 24.7 Å². The van der Waals surface area contributed by atoms with Gasteiger partial charge in [-0.25, -0.2) is 4.79 Å². The highest BCUT2D eigenvalue weighted by molar-refractivity contribution is 8.14. The molecule has 1 aliphatic heterocycles. The topological polar surface area (TPSA) is 44.7 Å². The highest BCUT2D eigenvalue weighted by Gasteiger charge is 2.16. The summed E-state index contributed by atoms with van der Waals surface area (Å²) in [6.45, 7) is 4.90. The van der Waals surface area contributed by atoms with E-state index in [9.17, 15) is 4.79 Å². The molecule has 0 bridgehead atoms. The summed E-state index contributed by atoms with van der Waals surface area (Å²) in [5.41, 5.74) is 2.96. The third-order valence-corrected chi connectivity index (χ3v) is 3.94. The van der Waals surface area contributed by atoms with Crippen molar-refractivity contribution < 1.29 is 4.79 Å². The number of nitrogens with one attached hydrogen (secondary N) is 1. The lowest BCUT2D eigenvalue weighted by molar-refractivity contribution is 0.259. The third kappa shape index (κ3) is 2.85. The van der Waals surface area contributed by atoms with Crippen LogP contribution < -0.4 is 5.32 Å². The monoisotopic (exact) mass is 263 g/mol. The van der Waals surface area contributed by atoms with Crippen molar-refractivity contribution in [1.29, 1.82) is 0 Å². The summed E-state index contributed by atoms with van der Waals surface area (Å²) in [4.78, 5) is 18.0. The number of carbonyl (C=O) groups excluding carboxylic acids is 1. The second-order valence-corrected chi connectivity index (χ2v) is 5.42. The van der Waals surface area contributed by atoms with E-state index in [1.165, 1.54) is 0 Å². The average Bonchev–Trinajstić information content (AvgIpc) is 2.70. The molecule has 0 aromatic heterocycles. The number of thioether (sulfide) groups is 1. The molecule has 1 saturated heterocycles. The minimum absolute atomic E-state index is 0.302. The minimum Gasteiger partial charge on any atom is -0.353 e. The normalized spacial score (nSPS) is 17.3. The van der Waals surface area contributed by atoms with Gasteiger partial charge in [0.15, 0.2) is 5.17 Å². The van der Waals surface area contributed by atoms with Crippen molar-refractivity contribution in [1.82, 2.24) is 4.90 Å². The Morgan fingerprint density at radius 3 is 2.61 bits per heavy atom. The van der Waals surface area contributed by atoms with Crippen molar-refractivity contribution >= 4 is 28.6 Å². The summed E-state index contributed by atoms with van der Waals surface area (Å²) in [6, 6.07) is 5.63. The van der Waals surface area contributed by atoms with Crippen LogP contribution in [0.3, 0.4) is 0 Å². The molecule has 0 spiro atoms. The maximum atomic E-state index is 11.9. The Balaban J connectivity index is 2.12. The number of carbonyl (C=O) groups is 1. The van der Waals surface area contributed by atoms with Crippen LogP contribution in [0.2, 0.25) is 0 Å². The third-order valence-electron chi connectivity index (χ3n) is 2.89. The zero-order chi connectivity index (χ0) is 13.1. The molecule has 1 heterocycles. The zero-order valence-electron chi connectivity index (χ0n) is 10.9. The Morgan fingerprint density at radius 1 is 1.39 bits per heavy atom. The van der Waals surface area contributed by atoms with Crippen LogP contribution in [-0.4, -0.2) is 35.4 Å². The van der Waals surface area contributed by atoms with Crippen LogP contribution in [0.25, 0.3) is 0 Å². The number of benzene rings is 1. The van der Waals surface area contributed by atoms with Gasteiger partial charge < -0.3 is 10.2 Å². The molecule has 1 fully saturated rings. The number of aliphatic imine (C=N–C) groups is 1. The first kappa shape index (κ1) is 13.0. The van der Waals surface area contributed by atoms with E-state index in [0.717, 1.165) is 34.3 Å². The molecule has 0 saturated carbocycles. The molecule has 2 rings (SSSR count). The molecule has 1 aromatic carbocycles. The van der Waals surface area contributed by atoms with Crippen LogP contribution in [0.5, 0.6) is 0 Å². The van der Waals surface area contributed by atoms with E-state index in [4.69, 9.17) is 0 Å². The molecule has 4 nitrogen and oxygen atoms in total. The minimum atomic E-state index is -0.302. The van der Waals surface area contributed by atoms with Gasteiger partial charge in [-0.2, -0.15) is 4.99 Å². The van der Waals surface area contributed by atoms with Crippen LogP contribution >= 0.6 is 11.8 Å². The van der Waals surface area contributed by atoms with E-state index in [1.54, 1.807) is 11.8 Å². The summed E-state index contributed by atoms with van der Waals surface area (Å²) in [5.74, 6) is 0.992. The lowest BCUT2D eigenvalue weighted by atomic mass is 10.1. The van der Waals surface area contributed by atoms with Crippen LogP contribution in [0.4, 0.5) is 10.5 Å². The number of hydrogen-bond donors (Lipinski definition) is 1. The first-order valence-corrected chi connectivity index (χ1v) is 6.86. The van der Waals surface area contributed by atoms with Crippen LogP contribution in [0.1, 0.15) is 11.1 Å². The van der Waals surface area contributed by atoms with Crippen LogP contribution in [-0.2, 0) is 0 Å². The van der Waals surface area contributed by atoms with E-state index in [0.29, 0.717) is 0 Å². The molecule has 18 heavy (non-hydrogen) atoms. The SMILES string of the molecule is Cc1cccc(C)c1NC(=O)N=C1SCCN1C. The van der Waals surface area contributed by atoms with Crippen molar-refractivity contribution in [3.63, 3.8) is 0 Å². The predicted molar refractivity (Wildman–Crippen MR) is 77.5 cm³/mol. The van der Waals surface area contributed by atoms with Gasteiger partial charge in [-0.3, -0.25) is 0 Å². The Hall–Kier alpha value is -1.49. The Morgan fingerprint density at radius 2 is 2.06 bits per heavy atom. The van der Waals surface area contributed by atoms with E-state index < -0.39 is 0 Å². The molecule has 0 unspecified atom stereocenters. The number of aryl methyl sites for hydroxylation is 2. The number of para-hydroxylation sites is 1. The van der Waals surface area contributed by atoms with Gasteiger partial charge in [0.2, 0.25) is 0 Å². The molecule has 0 radical (unpaired) electrons. The maximum Gasteiger partial charge on any atom is 0.347 e. The summed E-state index contributed by atoms with van der Waals surface area (Å²) in [7, 11) is 1.95. The van der Waals surface area contributed by atoms with Crippen LogP contribution in [0, 0.1) is 13.8 Å². The number of rotatable bonds is 1. The molecule has 1 N–H and O–H groups in total. The highest BCUT2D eigenvalue weighted by atomic mass is 32.2. The predicted octanol–water partition coefficient (Wildman–Crippen LogP) is 2.87. The van der Waals surface area contributed by atoms with E-state index in [-0.39, 0.29) is 6.03 Å². The van der Waals surface area contributed by atoms with E-state index in [1.807, 2.05) is 44.0 Å². The van der Waals surface area contributed by atoms with Gasteiger partial charge >= 0.3 is 6.03 Å². The fourth-order valence-corrected chi connectivity index (χ4v) is 2.84. The lowest BCUT2D eigenvalue weighted by Crippen LogP contribution is -2.21. The summed E-state index contributed by atoms with van der Waals surface area (Å²) in [5, 5.41) is 3.65. The molecular weight excluding hydrogens is 246 g/mol. The number of nitrogens with zero attached hydrogens (tertiary/aromatic N) is 2. The van der Waals surface area contributed by atoms with Crippen LogP contribution in [0.15, 0.2) is 23.2 Å². The summed E-state index contributed by atoms with van der Waals surface area (Å²) in [6.07, 6.45) is 0. The molecule has 1 aliphatic rings. The van der Waals surface area contributed by atoms with Gasteiger partial charge in [-0.15, -0.1) is 0 Å². The quantitative estimate of drug-likeness (QED) is 0.847. The number of amides is 2. The van der Waals surface area contributed by atoms with Gasteiger partial charge in [0.1, 0.15) is 0 Å². The number of amidine groups is 1. The average molecular weight is 263 g/mol. The zero-order valence-corrected chi connectivity index (χ0v) is 11.7. The smallest absolute Gasteiger partial charge is 0.347 e. The number of urea groups is 1. The van der Waals surface area contributed by atoms with Crippen molar-refractivity contribution in [2.24, 2.45) is 4.99 Å². The largest absolute Gasteiger partial charge is 0.353 e. The summed E-state index contributed by atoms with van der Waals surface area (Å²) >= 11 is 1.61. The van der Waals surface area contributed by atoms with Gasteiger partial charge in [-0.05, 0) is 25.0 Å². The van der Waals surface area contributed by atoms with Gasteiger partial charge in [0.25, 0.3) is 0 Å². The molecule has 0 atom stereocenters. The molecule has 5 heteroatoms. The summed E-state index contributed by atoms with van der Waals surface area (Å²) < 4.78 is 0. The molecule has 96 valence electrons. The van der Waals surface area contributed by atoms with Gasteiger partial charge in [0, 0.05) is 25.0 Å². The van der Waals surface area contributed by atoms with Crippen molar-refractivity contribution in [2.45, 2.75) is 13.8 Å². The molecular formula is C13H17N3OS. The first-order valence-electron chi connectivity index (χ1n) is 5.88. The van der Waals surface area contributed by atoms with Gasteiger partial charge in [-0.1, -0.05) is 30.0 Å². The highest BCUT2D eigenvalue weighted by Crippen LogP contribution is 2.20. The lowest BCUT2D eigenvalue weighted by Gasteiger charge is -2.11. The Bertz CT molecular complexity index is 479. The number of hydrogen-bond acceptors (Lipinski definition) is 2. The maximum absolute atomic E-state index is 11.9. The fourth-order valence-electron chi connectivity index (χ4n) is 1.83. The van der Waals surface area contributed by atoms with E-state index >= 15 is 0 Å². The van der Waals surface area contributed by atoms with Crippen molar-refractivity contribution in [3.05, 3.63) is 29.3 Å². The standard InChI is InChI=1S/C13H17N3OS/c1-9-5-4-6-10(2)11(9)14-12(17)15-13-16(3)7-8-18-13/h4-6H,7-8H2,1-3H3,(H,14,17). The first-order chi connectivity index (χ1) is 8.58. The second-order valence-electron chi connectivity index (χ2n) is 4.36. The van der Waals surface area contributed by atoms with Crippen molar-refractivity contribution in [3.8, 4) is 0 Å². The Kier molecular flexibility index (Phi) is 3.91. The second kappa shape index (κ2) is 5.44. The molecule has 0 aliphatic carbocycles. The fraction of sp³-hybridized carbons (Fsp3) is 0.385. The van der Waals surface area contributed by atoms with E-state index in [2.05, 4.69) is 10.3 Å². The molecule has 2 amide bonds. The number of anilines is 1.